The Morgan fingerprint density at radius 3 is 0.948 bits per heavy atom. The van der Waals surface area contributed by atoms with Crippen molar-refractivity contribution in [3.63, 3.8) is 0 Å². The van der Waals surface area contributed by atoms with Crippen LogP contribution in [0.1, 0.15) is 0 Å². The zero-order chi connectivity index (χ0) is 37.9. The van der Waals surface area contributed by atoms with Crippen LogP contribution in [0.25, 0.3) is 121 Å². The fraction of sp³-hybridized carbons (Fsp3) is 0. The highest BCUT2D eigenvalue weighted by Gasteiger charge is 2.23. The van der Waals surface area contributed by atoms with Gasteiger partial charge in [0, 0.05) is 43.1 Å². The van der Waals surface area contributed by atoms with E-state index in [9.17, 15) is 0 Å². The van der Waals surface area contributed by atoms with Gasteiger partial charge in [-0.05, 0) is 82.9 Å². The second-order valence-corrected chi connectivity index (χ2v) is 15.3. The minimum Gasteiger partial charge on any atom is -0.454 e. The summed E-state index contributed by atoms with van der Waals surface area (Å²) in [6, 6.07) is 69.3. The molecule has 9 aromatic carbocycles. The van der Waals surface area contributed by atoms with Crippen molar-refractivity contribution in [1.82, 2.24) is 9.13 Å². The lowest BCUT2D eigenvalue weighted by molar-refractivity contribution is 0.661. The largest absolute Gasteiger partial charge is 0.454 e. The van der Waals surface area contributed by atoms with Crippen molar-refractivity contribution in [1.29, 1.82) is 0 Å². The molecule has 0 saturated heterocycles. The second-order valence-electron chi connectivity index (χ2n) is 15.3. The smallest absolute Gasteiger partial charge is 0.159 e. The Bertz CT molecular complexity index is 3430. The van der Waals surface area contributed by atoms with E-state index >= 15 is 0 Å². The second kappa shape index (κ2) is 11.8. The molecular weight excluding hydrogens is 709 g/mol. The zero-order valence-corrected chi connectivity index (χ0v) is 31.2. The minimum absolute atomic E-state index is 0.820. The predicted molar refractivity (Wildman–Crippen MR) is 241 cm³/mol. The molecular formula is C54H32N2O2. The highest BCUT2D eigenvalue weighted by Crippen LogP contribution is 2.45. The molecule has 0 unspecified atom stereocenters. The van der Waals surface area contributed by atoms with E-state index in [0.717, 1.165) is 99.6 Å². The van der Waals surface area contributed by atoms with Gasteiger partial charge in [-0.15, -0.1) is 0 Å². The molecule has 0 aliphatic heterocycles. The number of hydrogen-bond donors (Lipinski definition) is 0. The van der Waals surface area contributed by atoms with Gasteiger partial charge in [0.05, 0.1) is 33.4 Å². The molecule has 0 atom stereocenters. The number of rotatable bonds is 4. The standard InChI is InChI=1S/C54H32N2O2/c1-3-15-33(16-4-1)35-27-43-41-31-52-42(32-51(41)57-53(43)49(29-35)55-45-23-11-7-19-37(45)38-20-8-12-24-46(38)55)44-28-36(34-17-5-2-6-18-34)30-50(54(44)58-52)56-47-25-13-9-21-39(47)40-22-10-14-26-48(40)56/h1-32H. The van der Waals surface area contributed by atoms with Crippen molar-refractivity contribution < 1.29 is 8.83 Å². The lowest BCUT2D eigenvalue weighted by Crippen LogP contribution is -1.95. The van der Waals surface area contributed by atoms with Gasteiger partial charge in [0.2, 0.25) is 0 Å². The molecule has 4 heteroatoms. The normalized spacial score (nSPS) is 12.1. The summed E-state index contributed by atoms with van der Waals surface area (Å²) in [5.41, 5.74) is 14.4. The fourth-order valence-corrected chi connectivity index (χ4v) is 9.50. The summed E-state index contributed by atoms with van der Waals surface area (Å²) in [6.45, 7) is 0. The maximum atomic E-state index is 7.09. The van der Waals surface area contributed by atoms with Gasteiger partial charge in [-0.1, -0.05) is 133 Å². The third-order valence-electron chi connectivity index (χ3n) is 12.1. The van der Waals surface area contributed by atoms with Gasteiger partial charge in [-0.2, -0.15) is 0 Å². The Hall–Kier alpha value is -7.82. The van der Waals surface area contributed by atoms with Crippen LogP contribution in [0.3, 0.4) is 0 Å². The Morgan fingerprint density at radius 2 is 0.586 bits per heavy atom. The third kappa shape index (κ3) is 4.40. The lowest BCUT2D eigenvalue weighted by Gasteiger charge is -2.12. The molecule has 0 aliphatic carbocycles. The SMILES string of the molecule is c1ccc(-c2cc(-n3c4ccccc4c4ccccc43)c3oc4cc5c(cc4c3c2)oc2c(-n3c4ccccc4c4ccccc43)cc(-c3ccccc3)cc25)cc1. The van der Waals surface area contributed by atoms with Gasteiger partial charge < -0.3 is 18.0 Å². The molecule has 0 amide bonds. The van der Waals surface area contributed by atoms with Crippen LogP contribution in [0, 0.1) is 0 Å². The quantitative estimate of drug-likeness (QED) is 0.180. The van der Waals surface area contributed by atoms with E-state index in [0.29, 0.717) is 0 Å². The van der Waals surface area contributed by atoms with E-state index in [-0.39, 0.29) is 0 Å². The minimum atomic E-state index is 0.820. The van der Waals surface area contributed by atoms with Crippen molar-refractivity contribution in [3.05, 3.63) is 194 Å². The molecule has 4 nitrogen and oxygen atoms in total. The number of furan rings is 2. The van der Waals surface area contributed by atoms with Crippen molar-refractivity contribution in [2.24, 2.45) is 0 Å². The van der Waals surface area contributed by atoms with Crippen molar-refractivity contribution in [2.75, 3.05) is 0 Å². The van der Waals surface area contributed by atoms with E-state index in [1.807, 2.05) is 0 Å². The van der Waals surface area contributed by atoms with Crippen LogP contribution in [0.15, 0.2) is 203 Å². The van der Waals surface area contributed by atoms with Crippen LogP contribution in [-0.2, 0) is 0 Å². The first-order valence-corrected chi connectivity index (χ1v) is 19.8. The first-order valence-electron chi connectivity index (χ1n) is 19.8. The van der Waals surface area contributed by atoms with E-state index in [1.165, 1.54) is 21.5 Å². The maximum absolute atomic E-state index is 7.09. The summed E-state index contributed by atoms with van der Waals surface area (Å²) in [4.78, 5) is 0. The first-order chi connectivity index (χ1) is 28.8. The van der Waals surface area contributed by atoms with Crippen LogP contribution in [-0.4, -0.2) is 9.13 Å². The van der Waals surface area contributed by atoms with E-state index in [4.69, 9.17) is 8.83 Å². The summed E-state index contributed by atoms with van der Waals surface area (Å²) < 4.78 is 18.9. The molecule has 0 aliphatic rings. The van der Waals surface area contributed by atoms with Crippen molar-refractivity contribution in [3.8, 4) is 33.6 Å². The van der Waals surface area contributed by atoms with Crippen molar-refractivity contribution >= 4 is 87.5 Å². The third-order valence-corrected chi connectivity index (χ3v) is 12.1. The number of nitrogens with zero attached hydrogens (tertiary/aromatic N) is 2. The summed E-state index contributed by atoms with van der Waals surface area (Å²) >= 11 is 0. The molecule has 270 valence electrons. The monoisotopic (exact) mass is 740 g/mol. The van der Waals surface area contributed by atoms with Crippen LogP contribution >= 0.6 is 0 Å². The summed E-state index contributed by atoms with van der Waals surface area (Å²) in [5, 5.41) is 8.97. The lowest BCUT2D eigenvalue weighted by atomic mass is 10.00. The van der Waals surface area contributed by atoms with E-state index in [2.05, 4.69) is 203 Å². The highest BCUT2D eigenvalue weighted by molar-refractivity contribution is 6.19. The molecule has 0 saturated carbocycles. The van der Waals surface area contributed by atoms with Crippen LogP contribution in [0.2, 0.25) is 0 Å². The molecule has 4 heterocycles. The summed E-state index contributed by atoms with van der Waals surface area (Å²) in [7, 11) is 0. The topological polar surface area (TPSA) is 36.1 Å². The predicted octanol–water partition coefficient (Wildman–Crippen LogP) is 15.0. The number of para-hydroxylation sites is 4. The van der Waals surface area contributed by atoms with Crippen LogP contribution < -0.4 is 0 Å². The Kier molecular flexibility index (Phi) is 6.41. The molecule has 13 aromatic rings. The Balaban J connectivity index is 1.14. The van der Waals surface area contributed by atoms with Gasteiger partial charge in [0.25, 0.3) is 0 Å². The number of benzene rings is 9. The molecule has 0 N–H and O–H groups in total. The van der Waals surface area contributed by atoms with Gasteiger partial charge in [0.15, 0.2) is 11.2 Å². The van der Waals surface area contributed by atoms with Crippen LogP contribution in [0.5, 0.6) is 0 Å². The van der Waals surface area contributed by atoms with Gasteiger partial charge >= 0.3 is 0 Å². The first kappa shape index (κ1) is 31.4. The molecule has 13 rings (SSSR count). The average Bonchev–Trinajstić information content (AvgIpc) is 4.03. The van der Waals surface area contributed by atoms with Gasteiger partial charge in [0.1, 0.15) is 11.2 Å². The number of fused-ring (bicyclic) bond motifs is 12. The van der Waals surface area contributed by atoms with Gasteiger partial charge in [-0.25, -0.2) is 0 Å². The Morgan fingerprint density at radius 1 is 0.259 bits per heavy atom. The fourth-order valence-electron chi connectivity index (χ4n) is 9.50. The summed E-state index contributed by atoms with van der Waals surface area (Å²) in [6.07, 6.45) is 0. The molecule has 0 bridgehead atoms. The molecule has 0 fully saturated rings. The number of aromatic nitrogens is 2. The van der Waals surface area contributed by atoms with E-state index < -0.39 is 0 Å². The molecule has 0 spiro atoms. The molecule has 58 heavy (non-hydrogen) atoms. The molecule has 0 radical (unpaired) electrons. The molecule has 4 aromatic heterocycles. The van der Waals surface area contributed by atoms with Gasteiger partial charge in [-0.3, -0.25) is 0 Å². The van der Waals surface area contributed by atoms with E-state index in [1.54, 1.807) is 0 Å². The van der Waals surface area contributed by atoms with Crippen molar-refractivity contribution in [2.45, 2.75) is 0 Å². The highest BCUT2D eigenvalue weighted by atomic mass is 16.3. The van der Waals surface area contributed by atoms with Crippen LogP contribution in [0.4, 0.5) is 0 Å². The summed E-state index contributed by atoms with van der Waals surface area (Å²) in [5.74, 6) is 0. The average molecular weight is 741 g/mol. The zero-order valence-electron chi connectivity index (χ0n) is 31.2. The maximum Gasteiger partial charge on any atom is 0.159 e. The Labute approximate surface area is 332 Å². The number of hydrogen-bond acceptors (Lipinski definition) is 2.